The van der Waals surface area contributed by atoms with E-state index >= 15 is 0 Å². The minimum atomic E-state index is -0.232. The van der Waals surface area contributed by atoms with E-state index in [2.05, 4.69) is 9.88 Å². The number of carbonyl (C=O) groups is 1. The Kier molecular flexibility index (Phi) is 5.98. The first-order chi connectivity index (χ1) is 14.7. The quantitative estimate of drug-likeness (QED) is 0.459. The van der Waals surface area contributed by atoms with Gasteiger partial charge in [0, 0.05) is 19.0 Å². The summed E-state index contributed by atoms with van der Waals surface area (Å²) in [6, 6.07) is 18.9. The number of hydrogen-bond acceptors (Lipinski definition) is 5. The average molecular weight is 405 g/mol. The zero-order chi connectivity index (χ0) is 20.8. The highest BCUT2D eigenvalue weighted by molar-refractivity contribution is 5.91. The zero-order valence-corrected chi connectivity index (χ0v) is 16.7. The molecule has 0 aliphatic carbocycles. The highest BCUT2D eigenvalue weighted by atomic mass is 16.5. The van der Waals surface area contributed by atoms with Crippen molar-refractivity contribution in [2.24, 2.45) is 0 Å². The molecule has 0 bridgehead atoms. The lowest BCUT2D eigenvalue weighted by atomic mass is 10.3. The van der Waals surface area contributed by atoms with Gasteiger partial charge in [-0.05, 0) is 36.4 Å². The normalized spacial score (nSPS) is 10.8. The number of rotatable bonds is 9. The maximum absolute atomic E-state index is 12.1. The number of aromatic nitrogens is 2. The van der Waals surface area contributed by atoms with Gasteiger partial charge in [0.1, 0.15) is 23.9 Å². The number of amides is 1. The SMILES string of the molecule is COc1cccc(OCCn2c(CCNC(=O)c3ccco3)nc3ccccc32)c1. The van der Waals surface area contributed by atoms with Crippen molar-refractivity contribution in [3.63, 3.8) is 0 Å². The van der Waals surface area contributed by atoms with Crippen LogP contribution >= 0.6 is 0 Å². The summed E-state index contributed by atoms with van der Waals surface area (Å²) in [6.07, 6.45) is 2.08. The second-order valence-corrected chi connectivity index (χ2v) is 6.68. The molecule has 154 valence electrons. The third-order valence-corrected chi connectivity index (χ3v) is 4.74. The predicted octanol–water partition coefficient (Wildman–Crippen LogP) is 3.69. The van der Waals surface area contributed by atoms with Crippen LogP contribution in [0.4, 0.5) is 0 Å². The largest absolute Gasteiger partial charge is 0.497 e. The monoisotopic (exact) mass is 405 g/mol. The predicted molar refractivity (Wildman–Crippen MR) is 113 cm³/mol. The molecule has 0 saturated carbocycles. The molecular formula is C23H23N3O4. The standard InChI is InChI=1S/C23H23N3O4/c1-28-17-6-4-7-18(16-17)29-15-13-26-20-9-3-2-8-19(20)25-22(26)11-12-24-23(27)21-10-5-14-30-21/h2-10,14,16H,11-13,15H2,1H3,(H,24,27). The maximum Gasteiger partial charge on any atom is 0.286 e. The van der Waals surface area contributed by atoms with Gasteiger partial charge in [0.05, 0.1) is 31.0 Å². The van der Waals surface area contributed by atoms with Crippen LogP contribution in [0.3, 0.4) is 0 Å². The number of furan rings is 1. The summed E-state index contributed by atoms with van der Waals surface area (Å²) in [5, 5.41) is 2.87. The van der Waals surface area contributed by atoms with Crippen molar-refractivity contribution >= 4 is 16.9 Å². The van der Waals surface area contributed by atoms with E-state index in [4.69, 9.17) is 18.9 Å². The number of carbonyl (C=O) groups excluding carboxylic acids is 1. The van der Waals surface area contributed by atoms with Gasteiger partial charge < -0.3 is 23.8 Å². The fourth-order valence-corrected chi connectivity index (χ4v) is 3.29. The van der Waals surface area contributed by atoms with Gasteiger partial charge in [0.2, 0.25) is 0 Å². The topological polar surface area (TPSA) is 78.5 Å². The molecule has 1 amide bonds. The smallest absolute Gasteiger partial charge is 0.286 e. The molecule has 7 nitrogen and oxygen atoms in total. The van der Waals surface area contributed by atoms with Crippen LogP contribution in [0.15, 0.2) is 71.3 Å². The molecule has 0 spiro atoms. The van der Waals surface area contributed by atoms with Crippen LogP contribution in [0.5, 0.6) is 11.5 Å². The van der Waals surface area contributed by atoms with Crippen molar-refractivity contribution in [2.45, 2.75) is 13.0 Å². The highest BCUT2D eigenvalue weighted by Crippen LogP contribution is 2.20. The van der Waals surface area contributed by atoms with E-state index < -0.39 is 0 Å². The third kappa shape index (κ3) is 4.46. The molecule has 0 aliphatic heterocycles. The first-order valence-corrected chi connectivity index (χ1v) is 9.77. The zero-order valence-electron chi connectivity index (χ0n) is 16.7. The molecular weight excluding hydrogens is 382 g/mol. The number of fused-ring (bicyclic) bond motifs is 1. The van der Waals surface area contributed by atoms with Gasteiger partial charge in [-0.1, -0.05) is 18.2 Å². The summed E-state index contributed by atoms with van der Waals surface area (Å²) < 4.78 is 18.4. The van der Waals surface area contributed by atoms with Crippen LogP contribution in [0, 0.1) is 0 Å². The van der Waals surface area contributed by atoms with Crippen molar-refractivity contribution in [1.29, 1.82) is 0 Å². The Labute approximate surface area is 174 Å². The summed E-state index contributed by atoms with van der Waals surface area (Å²) in [5.41, 5.74) is 1.96. The molecule has 0 saturated heterocycles. The molecule has 1 N–H and O–H groups in total. The molecule has 0 fully saturated rings. The summed E-state index contributed by atoms with van der Waals surface area (Å²) in [6.45, 7) is 1.58. The minimum absolute atomic E-state index is 0.232. The van der Waals surface area contributed by atoms with E-state index in [0.29, 0.717) is 31.9 Å². The van der Waals surface area contributed by atoms with Crippen LogP contribution in [0.2, 0.25) is 0 Å². The number of imidazole rings is 1. The number of nitrogens with one attached hydrogen (secondary N) is 1. The number of methoxy groups -OCH3 is 1. The molecule has 4 rings (SSSR count). The van der Waals surface area contributed by atoms with Crippen LogP contribution in [0.25, 0.3) is 11.0 Å². The van der Waals surface area contributed by atoms with Crippen molar-refractivity contribution in [1.82, 2.24) is 14.9 Å². The second-order valence-electron chi connectivity index (χ2n) is 6.68. The van der Waals surface area contributed by atoms with Gasteiger partial charge in [0.25, 0.3) is 5.91 Å². The van der Waals surface area contributed by atoms with Crippen molar-refractivity contribution < 1.29 is 18.7 Å². The molecule has 7 heteroatoms. The van der Waals surface area contributed by atoms with Crippen LogP contribution in [0.1, 0.15) is 16.4 Å². The van der Waals surface area contributed by atoms with E-state index in [0.717, 1.165) is 28.4 Å². The van der Waals surface area contributed by atoms with Crippen LogP contribution < -0.4 is 14.8 Å². The second kappa shape index (κ2) is 9.17. The van der Waals surface area contributed by atoms with E-state index in [1.54, 1.807) is 19.2 Å². The lowest BCUT2D eigenvalue weighted by Crippen LogP contribution is -2.26. The van der Waals surface area contributed by atoms with Crippen LogP contribution in [-0.4, -0.2) is 35.7 Å². The van der Waals surface area contributed by atoms with Gasteiger partial charge in [-0.15, -0.1) is 0 Å². The third-order valence-electron chi connectivity index (χ3n) is 4.74. The number of ether oxygens (including phenoxy) is 2. The first kappa shape index (κ1) is 19.6. The maximum atomic E-state index is 12.1. The molecule has 0 radical (unpaired) electrons. The van der Waals surface area contributed by atoms with Gasteiger partial charge in [-0.25, -0.2) is 4.98 Å². The van der Waals surface area contributed by atoms with Crippen molar-refractivity contribution in [2.75, 3.05) is 20.3 Å². The molecule has 2 aromatic carbocycles. The average Bonchev–Trinajstić information content (AvgIpc) is 3.43. The van der Waals surface area contributed by atoms with Crippen LogP contribution in [-0.2, 0) is 13.0 Å². The lowest BCUT2D eigenvalue weighted by Gasteiger charge is -2.12. The lowest BCUT2D eigenvalue weighted by molar-refractivity contribution is 0.0926. The van der Waals surface area contributed by atoms with E-state index in [1.165, 1.54) is 6.26 Å². The molecule has 2 heterocycles. The molecule has 4 aromatic rings. The Morgan fingerprint density at radius 1 is 1.10 bits per heavy atom. The van der Waals surface area contributed by atoms with E-state index in [9.17, 15) is 4.79 Å². The number of benzene rings is 2. The summed E-state index contributed by atoms with van der Waals surface area (Å²) in [5.74, 6) is 2.48. The van der Waals surface area contributed by atoms with Gasteiger partial charge in [-0.3, -0.25) is 4.79 Å². The summed E-state index contributed by atoms with van der Waals surface area (Å²) in [4.78, 5) is 16.8. The number of nitrogens with zero attached hydrogens (tertiary/aromatic N) is 2. The Morgan fingerprint density at radius 3 is 2.80 bits per heavy atom. The number of hydrogen-bond donors (Lipinski definition) is 1. The number of para-hydroxylation sites is 2. The van der Waals surface area contributed by atoms with E-state index in [-0.39, 0.29) is 5.91 Å². The first-order valence-electron chi connectivity index (χ1n) is 9.77. The fraction of sp³-hybridized carbons (Fsp3) is 0.217. The van der Waals surface area contributed by atoms with E-state index in [1.807, 2.05) is 48.5 Å². The Morgan fingerprint density at radius 2 is 1.97 bits per heavy atom. The molecule has 0 atom stereocenters. The van der Waals surface area contributed by atoms with Gasteiger partial charge in [0.15, 0.2) is 5.76 Å². The van der Waals surface area contributed by atoms with Crippen molar-refractivity contribution in [3.05, 3.63) is 78.5 Å². The summed E-state index contributed by atoms with van der Waals surface area (Å²) in [7, 11) is 1.63. The summed E-state index contributed by atoms with van der Waals surface area (Å²) >= 11 is 0. The minimum Gasteiger partial charge on any atom is -0.497 e. The van der Waals surface area contributed by atoms with Gasteiger partial charge in [-0.2, -0.15) is 0 Å². The fourth-order valence-electron chi connectivity index (χ4n) is 3.29. The molecule has 2 aromatic heterocycles. The Hall–Kier alpha value is -3.74. The van der Waals surface area contributed by atoms with Crippen molar-refractivity contribution in [3.8, 4) is 11.5 Å². The van der Waals surface area contributed by atoms with Gasteiger partial charge >= 0.3 is 0 Å². The molecule has 0 aliphatic rings. The molecule has 30 heavy (non-hydrogen) atoms. The Balaban J connectivity index is 1.42. The Bertz CT molecular complexity index is 1120. The highest BCUT2D eigenvalue weighted by Gasteiger charge is 2.12. The molecule has 0 unspecified atom stereocenters.